The molecule has 0 heterocycles. The lowest BCUT2D eigenvalue weighted by Gasteiger charge is -2.24. The van der Waals surface area contributed by atoms with Crippen LogP contribution in [0.25, 0.3) is 0 Å². The van der Waals surface area contributed by atoms with Crippen LogP contribution in [0.3, 0.4) is 0 Å². The first-order chi connectivity index (χ1) is 12.1. The van der Waals surface area contributed by atoms with Gasteiger partial charge in [0, 0.05) is 19.0 Å². The molecule has 0 aliphatic carbocycles. The average molecular weight is 340 g/mol. The van der Waals surface area contributed by atoms with E-state index in [4.69, 9.17) is 4.74 Å². The third kappa shape index (κ3) is 6.59. The summed E-state index contributed by atoms with van der Waals surface area (Å²) in [6, 6.07) is 18.5. The Morgan fingerprint density at radius 2 is 1.80 bits per heavy atom. The number of rotatable bonds is 9. The van der Waals surface area contributed by atoms with Crippen LogP contribution in [0, 0.1) is 0 Å². The minimum Gasteiger partial charge on any atom is -0.497 e. The van der Waals surface area contributed by atoms with Gasteiger partial charge in [-0.2, -0.15) is 0 Å². The molecule has 4 heteroatoms. The Balaban J connectivity index is 1.80. The topological polar surface area (TPSA) is 41.6 Å². The lowest BCUT2D eigenvalue weighted by Crippen LogP contribution is -2.41. The molecule has 0 aliphatic rings. The molecule has 134 valence electrons. The van der Waals surface area contributed by atoms with Gasteiger partial charge in [0.2, 0.25) is 5.91 Å². The van der Waals surface area contributed by atoms with Gasteiger partial charge in [-0.25, -0.2) is 0 Å². The van der Waals surface area contributed by atoms with Gasteiger partial charge in [-0.15, -0.1) is 0 Å². The van der Waals surface area contributed by atoms with Crippen molar-refractivity contribution in [1.82, 2.24) is 10.2 Å². The molecule has 4 nitrogen and oxygen atoms in total. The minimum absolute atomic E-state index is 0.0859. The van der Waals surface area contributed by atoms with Gasteiger partial charge in [0.15, 0.2) is 0 Å². The Labute approximate surface area is 150 Å². The molecular formula is C21H28N2O2. The van der Waals surface area contributed by atoms with Crippen molar-refractivity contribution in [2.45, 2.75) is 25.3 Å². The summed E-state index contributed by atoms with van der Waals surface area (Å²) >= 11 is 0. The summed E-state index contributed by atoms with van der Waals surface area (Å²) in [5.74, 6) is 0.913. The van der Waals surface area contributed by atoms with Gasteiger partial charge in [-0.05, 0) is 50.2 Å². The van der Waals surface area contributed by atoms with E-state index in [1.54, 1.807) is 7.11 Å². The quantitative estimate of drug-likeness (QED) is 0.763. The average Bonchev–Trinajstić information content (AvgIpc) is 2.64. The van der Waals surface area contributed by atoms with Gasteiger partial charge in [0.1, 0.15) is 5.75 Å². The number of carbonyl (C=O) groups excluding carboxylic acids is 1. The fourth-order valence-electron chi connectivity index (χ4n) is 2.73. The molecule has 25 heavy (non-hydrogen) atoms. The van der Waals surface area contributed by atoms with Crippen molar-refractivity contribution < 1.29 is 9.53 Å². The highest BCUT2D eigenvalue weighted by Gasteiger charge is 2.13. The number of ether oxygens (including phenoxy) is 1. The van der Waals surface area contributed by atoms with Crippen LogP contribution in [0.5, 0.6) is 5.75 Å². The van der Waals surface area contributed by atoms with Crippen LogP contribution in [-0.4, -0.2) is 44.6 Å². The molecule has 0 fully saturated rings. The van der Waals surface area contributed by atoms with E-state index in [0.29, 0.717) is 19.4 Å². The van der Waals surface area contributed by atoms with Gasteiger partial charge in [-0.3, -0.25) is 4.79 Å². The van der Waals surface area contributed by atoms with E-state index in [1.807, 2.05) is 30.3 Å². The normalized spacial score (nSPS) is 12.0. The first-order valence-electron chi connectivity index (χ1n) is 8.68. The number of methoxy groups -OCH3 is 1. The standard InChI is InChI=1S/C21H28N2O2/c1-23(2)19(14-17-8-5-4-6-9-17)16-22-21(24)13-12-18-10-7-11-20(15-18)25-3/h4-11,15,19H,12-14,16H2,1-3H3,(H,22,24). The molecule has 1 atom stereocenters. The van der Waals surface area contributed by atoms with E-state index in [2.05, 4.69) is 48.6 Å². The molecule has 0 bridgehead atoms. The van der Waals surface area contributed by atoms with Crippen LogP contribution < -0.4 is 10.1 Å². The van der Waals surface area contributed by atoms with E-state index in [9.17, 15) is 4.79 Å². The molecular weight excluding hydrogens is 312 g/mol. The summed E-state index contributed by atoms with van der Waals surface area (Å²) in [5.41, 5.74) is 2.40. The smallest absolute Gasteiger partial charge is 0.220 e. The number of hydrogen-bond acceptors (Lipinski definition) is 3. The number of hydrogen-bond donors (Lipinski definition) is 1. The van der Waals surface area contributed by atoms with Gasteiger partial charge >= 0.3 is 0 Å². The maximum absolute atomic E-state index is 12.2. The first-order valence-corrected chi connectivity index (χ1v) is 8.68. The number of nitrogens with zero attached hydrogens (tertiary/aromatic N) is 1. The second-order valence-corrected chi connectivity index (χ2v) is 6.46. The Kier molecular flexibility index (Phi) is 7.48. The van der Waals surface area contributed by atoms with Crippen molar-refractivity contribution >= 4 is 5.91 Å². The minimum atomic E-state index is 0.0859. The molecule has 2 rings (SSSR count). The zero-order valence-electron chi connectivity index (χ0n) is 15.4. The van der Waals surface area contributed by atoms with Crippen LogP contribution in [0.15, 0.2) is 54.6 Å². The number of carbonyl (C=O) groups is 1. The third-order valence-corrected chi connectivity index (χ3v) is 4.35. The summed E-state index contributed by atoms with van der Waals surface area (Å²) in [4.78, 5) is 14.4. The number of aryl methyl sites for hydroxylation is 1. The highest BCUT2D eigenvalue weighted by molar-refractivity contribution is 5.76. The monoisotopic (exact) mass is 340 g/mol. The van der Waals surface area contributed by atoms with E-state index in [1.165, 1.54) is 5.56 Å². The van der Waals surface area contributed by atoms with Crippen molar-refractivity contribution in [2.24, 2.45) is 0 Å². The molecule has 0 saturated heterocycles. The molecule has 1 N–H and O–H groups in total. The molecule has 0 aliphatic heterocycles. The van der Waals surface area contributed by atoms with Crippen molar-refractivity contribution in [3.05, 3.63) is 65.7 Å². The summed E-state index contributed by atoms with van der Waals surface area (Å²) < 4.78 is 5.22. The van der Waals surface area contributed by atoms with E-state index < -0.39 is 0 Å². The highest BCUT2D eigenvalue weighted by Crippen LogP contribution is 2.14. The molecule has 0 saturated carbocycles. The predicted molar refractivity (Wildman–Crippen MR) is 102 cm³/mol. The summed E-state index contributed by atoms with van der Waals surface area (Å²) in [6.45, 7) is 0.652. The Morgan fingerprint density at radius 3 is 2.48 bits per heavy atom. The zero-order valence-corrected chi connectivity index (χ0v) is 15.4. The summed E-state index contributed by atoms with van der Waals surface area (Å²) in [6.07, 6.45) is 2.12. The maximum atomic E-state index is 12.2. The van der Waals surface area contributed by atoms with Gasteiger partial charge in [0.25, 0.3) is 0 Å². The highest BCUT2D eigenvalue weighted by atomic mass is 16.5. The summed E-state index contributed by atoms with van der Waals surface area (Å²) in [5, 5.41) is 3.07. The van der Waals surface area contributed by atoms with E-state index in [0.717, 1.165) is 17.7 Å². The maximum Gasteiger partial charge on any atom is 0.220 e. The van der Waals surface area contributed by atoms with Gasteiger partial charge < -0.3 is 15.0 Å². The van der Waals surface area contributed by atoms with Crippen molar-refractivity contribution in [1.29, 1.82) is 0 Å². The predicted octanol–water partition coefficient (Wildman–Crippen LogP) is 2.92. The SMILES string of the molecule is COc1cccc(CCC(=O)NCC(Cc2ccccc2)N(C)C)c1. The van der Waals surface area contributed by atoms with Crippen LogP contribution in [0.2, 0.25) is 0 Å². The molecule has 0 aromatic heterocycles. The number of nitrogens with one attached hydrogen (secondary N) is 1. The van der Waals surface area contributed by atoms with Crippen LogP contribution in [0.1, 0.15) is 17.5 Å². The molecule has 2 aromatic rings. The lowest BCUT2D eigenvalue weighted by molar-refractivity contribution is -0.121. The molecule has 0 radical (unpaired) electrons. The van der Waals surface area contributed by atoms with Crippen LogP contribution in [0.4, 0.5) is 0 Å². The van der Waals surface area contributed by atoms with Crippen molar-refractivity contribution in [2.75, 3.05) is 27.7 Å². The van der Waals surface area contributed by atoms with Gasteiger partial charge in [0.05, 0.1) is 7.11 Å². The molecule has 1 unspecified atom stereocenters. The van der Waals surface area contributed by atoms with Gasteiger partial charge in [-0.1, -0.05) is 42.5 Å². The molecule has 1 amide bonds. The second kappa shape index (κ2) is 9.84. The lowest BCUT2D eigenvalue weighted by atomic mass is 10.0. The molecule has 0 spiro atoms. The van der Waals surface area contributed by atoms with Crippen molar-refractivity contribution in [3.8, 4) is 5.75 Å². The summed E-state index contributed by atoms with van der Waals surface area (Å²) in [7, 11) is 5.76. The Morgan fingerprint density at radius 1 is 1.08 bits per heavy atom. The van der Waals surface area contributed by atoms with E-state index in [-0.39, 0.29) is 11.9 Å². The fourth-order valence-corrected chi connectivity index (χ4v) is 2.73. The van der Waals surface area contributed by atoms with Crippen molar-refractivity contribution in [3.63, 3.8) is 0 Å². The zero-order chi connectivity index (χ0) is 18.1. The number of benzene rings is 2. The largest absolute Gasteiger partial charge is 0.497 e. The number of likely N-dealkylation sites (N-methyl/N-ethyl adjacent to an activating group) is 1. The second-order valence-electron chi connectivity index (χ2n) is 6.46. The molecule has 2 aromatic carbocycles. The number of amides is 1. The fraction of sp³-hybridized carbons (Fsp3) is 0.381. The first kappa shape index (κ1) is 19.0. The third-order valence-electron chi connectivity index (χ3n) is 4.35. The van der Waals surface area contributed by atoms with Crippen LogP contribution in [-0.2, 0) is 17.6 Å². The van der Waals surface area contributed by atoms with E-state index >= 15 is 0 Å². The van der Waals surface area contributed by atoms with Crippen LogP contribution >= 0.6 is 0 Å². The Hall–Kier alpha value is -2.33. The Bertz CT molecular complexity index is 656.